The number of urea groups is 1. The molecular formula is C20H23N5O2. The first kappa shape index (κ1) is 18.4. The molecule has 7 heteroatoms. The summed E-state index contributed by atoms with van der Waals surface area (Å²) in [6.45, 7) is 5.70. The maximum atomic E-state index is 12.7. The van der Waals surface area contributed by atoms with Crippen LogP contribution < -0.4 is 15.4 Å². The number of aromatic nitrogens is 3. The lowest BCUT2D eigenvalue weighted by Crippen LogP contribution is -2.34. The van der Waals surface area contributed by atoms with E-state index in [1.54, 1.807) is 7.11 Å². The highest BCUT2D eigenvalue weighted by atomic mass is 16.5. The van der Waals surface area contributed by atoms with E-state index in [0.717, 1.165) is 22.4 Å². The first-order valence-corrected chi connectivity index (χ1v) is 8.65. The zero-order valence-corrected chi connectivity index (χ0v) is 15.8. The highest BCUT2D eigenvalue weighted by Gasteiger charge is 2.21. The van der Waals surface area contributed by atoms with E-state index in [1.807, 2.05) is 63.2 Å². The van der Waals surface area contributed by atoms with Gasteiger partial charge in [0.25, 0.3) is 0 Å². The maximum absolute atomic E-state index is 12.7. The van der Waals surface area contributed by atoms with Crippen LogP contribution in [0, 0.1) is 20.8 Å². The van der Waals surface area contributed by atoms with Crippen molar-refractivity contribution in [3.63, 3.8) is 0 Å². The van der Waals surface area contributed by atoms with Gasteiger partial charge in [0.1, 0.15) is 17.6 Å². The smallest absolute Gasteiger partial charge is 0.320 e. The standard InChI is InChI=1S/C20H23N5O2/c1-12-10-11-16(13(2)18(12)27-4)22-20(26)23-17(15-8-6-5-7-9-15)19-21-14(3)24-25-19/h5-11,17H,1-4H3,(H,21,24,25)(H2,22,23,26). The highest BCUT2D eigenvalue weighted by Crippen LogP contribution is 2.29. The third kappa shape index (κ3) is 4.08. The molecule has 0 spiro atoms. The summed E-state index contributed by atoms with van der Waals surface area (Å²) < 4.78 is 5.42. The van der Waals surface area contributed by atoms with Gasteiger partial charge in [-0.25, -0.2) is 9.78 Å². The van der Waals surface area contributed by atoms with E-state index < -0.39 is 6.04 Å². The fourth-order valence-electron chi connectivity index (χ4n) is 3.00. The number of nitrogens with zero attached hydrogens (tertiary/aromatic N) is 2. The molecule has 140 valence electrons. The second-order valence-electron chi connectivity index (χ2n) is 6.31. The highest BCUT2D eigenvalue weighted by molar-refractivity contribution is 5.91. The van der Waals surface area contributed by atoms with Crippen molar-refractivity contribution in [2.75, 3.05) is 12.4 Å². The number of ether oxygens (including phenoxy) is 1. The molecule has 0 fully saturated rings. The minimum atomic E-state index is -0.469. The molecule has 0 aliphatic rings. The van der Waals surface area contributed by atoms with Crippen LogP contribution in [0.4, 0.5) is 10.5 Å². The molecule has 1 unspecified atom stereocenters. The topological polar surface area (TPSA) is 91.9 Å². The molecule has 0 aliphatic carbocycles. The Hall–Kier alpha value is -3.35. The van der Waals surface area contributed by atoms with Crippen molar-refractivity contribution in [2.45, 2.75) is 26.8 Å². The number of nitrogens with one attached hydrogen (secondary N) is 3. The van der Waals surface area contributed by atoms with Gasteiger partial charge in [0, 0.05) is 11.3 Å². The number of aromatic amines is 1. The van der Waals surface area contributed by atoms with E-state index in [2.05, 4.69) is 25.8 Å². The van der Waals surface area contributed by atoms with Gasteiger partial charge < -0.3 is 15.4 Å². The second kappa shape index (κ2) is 7.90. The monoisotopic (exact) mass is 365 g/mol. The van der Waals surface area contributed by atoms with Crippen molar-refractivity contribution >= 4 is 11.7 Å². The van der Waals surface area contributed by atoms with Gasteiger partial charge in [-0.05, 0) is 38.0 Å². The van der Waals surface area contributed by atoms with E-state index in [0.29, 0.717) is 17.3 Å². The van der Waals surface area contributed by atoms with Gasteiger partial charge in [0.2, 0.25) is 0 Å². The van der Waals surface area contributed by atoms with Crippen LogP contribution in [0.3, 0.4) is 0 Å². The van der Waals surface area contributed by atoms with Crippen molar-refractivity contribution < 1.29 is 9.53 Å². The third-order valence-electron chi connectivity index (χ3n) is 4.34. The molecule has 0 bridgehead atoms. The summed E-state index contributed by atoms with van der Waals surface area (Å²) in [6, 6.07) is 12.6. The van der Waals surface area contributed by atoms with Crippen molar-refractivity contribution in [3.05, 3.63) is 70.8 Å². The lowest BCUT2D eigenvalue weighted by atomic mass is 10.1. The fraction of sp³-hybridized carbons (Fsp3) is 0.250. The number of aryl methyl sites for hydroxylation is 2. The van der Waals surface area contributed by atoms with Gasteiger partial charge in [0.15, 0.2) is 5.82 Å². The van der Waals surface area contributed by atoms with Crippen LogP contribution in [0.15, 0.2) is 42.5 Å². The number of amides is 2. The zero-order valence-electron chi connectivity index (χ0n) is 15.8. The van der Waals surface area contributed by atoms with Gasteiger partial charge >= 0.3 is 6.03 Å². The second-order valence-corrected chi connectivity index (χ2v) is 6.31. The molecule has 27 heavy (non-hydrogen) atoms. The number of rotatable bonds is 5. The van der Waals surface area contributed by atoms with Crippen LogP contribution in [0.5, 0.6) is 5.75 Å². The summed E-state index contributed by atoms with van der Waals surface area (Å²) in [7, 11) is 1.62. The average molecular weight is 365 g/mol. The van der Waals surface area contributed by atoms with E-state index in [-0.39, 0.29) is 6.03 Å². The van der Waals surface area contributed by atoms with Crippen LogP contribution in [0.1, 0.15) is 34.4 Å². The van der Waals surface area contributed by atoms with Gasteiger partial charge in [0.05, 0.1) is 7.11 Å². The Morgan fingerprint density at radius 3 is 2.48 bits per heavy atom. The lowest BCUT2D eigenvalue weighted by Gasteiger charge is -2.18. The number of carbonyl (C=O) groups is 1. The van der Waals surface area contributed by atoms with Gasteiger partial charge in [-0.15, -0.1) is 0 Å². The number of hydrogen-bond acceptors (Lipinski definition) is 4. The predicted molar refractivity (Wildman–Crippen MR) is 104 cm³/mol. The van der Waals surface area contributed by atoms with Crippen LogP contribution in [0.25, 0.3) is 0 Å². The Balaban J connectivity index is 1.83. The molecule has 2 aromatic carbocycles. The number of H-pyrrole nitrogens is 1. The number of carbonyl (C=O) groups excluding carboxylic acids is 1. The Labute approximate surface area is 158 Å². The third-order valence-corrected chi connectivity index (χ3v) is 4.34. The lowest BCUT2D eigenvalue weighted by molar-refractivity contribution is 0.249. The molecule has 0 radical (unpaired) electrons. The quantitative estimate of drug-likeness (QED) is 0.643. The van der Waals surface area contributed by atoms with Crippen molar-refractivity contribution in [2.24, 2.45) is 0 Å². The van der Waals surface area contributed by atoms with Crippen LogP contribution in [-0.4, -0.2) is 28.3 Å². The van der Waals surface area contributed by atoms with Crippen molar-refractivity contribution in [1.82, 2.24) is 20.5 Å². The van der Waals surface area contributed by atoms with Crippen LogP contribution in [-0.2, 0) is 0 Å². The Morgan fingerprint density at radius 2 is 1.85 bits per heavy atom. The first-order valence-electron chi connectivity index (χ1n) is 8.65. The van der Waals surface area contributed by atoms with Crippen LogP contribution in [0.2, 0.25) is 0 Å². The molecule has 1 heterocycles. The van der Waals surface area contributed by atoms with Gasteiger partial charge in [-0.3, -0.25) is 5.10 Å². The summed E-state index contributed by atoms with van der Waals surface area (Å²) in [6.07, 6.45) is 0. The Morgan fingerprint density at radius 1 is 1.11 bits per heavy atom. The van der Waals surface area contributed by atoms with Crippen LogP contribution >= 0.6 is 0 Å². The molecule has 0 saturated carbocycles. The van der Waals surface area contributed by atoms with E-state index in [9.17, 15) is 4.79 Å². The summed E-state index contributed by atoms with van der Waals surface area (Å²) in [5.74, 6) is 1.95. The Kier molecular flexibility index (Phi) is 5.40. The number of hydrogen-bond donors (Lipinski definition) is 3. The maximum Gasteiger partial charge on any atom is 0.320 e. The molecule has 2 amide bonds. The minimum absolute atomic E-state index is 0.347. The molecule has 0 saturated heterocycles. The van der Waals surface area contributed by atoms with Gasteiger partial charge in [-0.2, -0.15) is 5.10 Å². The van der Waals surface area contributed by atoms with E-state index >= 15 is 0 Å². The molecule has 7 nitrogen and oxygen atoms in total. The van der Waals surface area contributed by atoms with Crippen molar-refractivity contribution in [3.8, 4) is 5.75 Å². The van der Waals surface area contributed by atoms with Crippen molar-refractivity contribution in [1.29, 1.82) is 0 Å². The zero-order chi connectivity index (χ0) is 19.4. The Bertz CT molecular complexity index is 937. The summed E-state index contributed by atoms with van der Waals surface area (Å²) in [5, 5.41) is 12.9. The summed E-state index contributed by atoms with van der Waals surface area (Å²) >= 11 is 0. The summed E-state index contributed by atoms with van der Waals surface area (Å²) in [5.41, 5.74) is 3.47. The van der Waals surface area contributed by atoms with Gasteiger partial charge in [-0.1, -0.05) is 36.4 Å². The normalized spacial score (nSPS) is 11.7. The van der Waals surface area contributed by atoms with E-state index in [4.69, 9.17) is 4.74 Å². The molecule has 1 atom stereocenters. The van der Waals surface area contributed by atoms with E-state index in [1.165, 1.54) is 0 Å². The molecule has 3 aromatic rings. The molecule has 0 aliphatic heterocycles. The SMILES string of the molecule is COc1c(C)ccc(NC(=O)NC(c2ccccc2)c2n[nH]c(C)n2)c1C. The fourth-order valence-corrected chi connectivity index (χ4v) is 3.00. The molecule has 3 N–H and O–H groups in total. The molecule has 3 rings (SSSR count). The largest absolute Gasteiger partial charge is 0.496 e. The number of anilines is 1. The molecule has 1 aromatic heterocycles. The molecular weight excluding hydrogens is 342 g/mol. The predicted octanol–water partition coefficient (Wildman–Crippen LogP) is 3.65. The average Bonchev–Trinajstić information content (AvgIpc) is 3.09. The minimum Gasteiger partial charge on any atom is -0.496 e. The number of methoxy groups -OCH3 is 1. The number of benzene rings is 2. The first-order chi connectivity index (χ1) is 13.0. The summed E-state index contributed by atoms with van der Waals surface area (Å²) in [4.78, 5) is 17.1.